The molecule has 74 valence electrons. The Morgan fingerprint density at radius 3 is 2.08 bits per heavy atom. The largest absolute Gasteiger partial charge is 0.368 e. The highest BCUT2D eigenvalue weighted by Gasteiger charge is 2.49. The molecule has 0 spiro atoms. The van der Waals surface area contributed by atoms with E-state index in [1.165, 1.54) is 0 Å². The van der Waals surface area contributed by atoms with Crippen molar-refractivity contribution in [3.05, 3.63) is 0 Å². The van der Waals surface area contributed by atoms with Crippen LogP contribution in [0.2, 0.25) is 0 Å². The van der Waals surface area contributed by atoms with Crippen LogP contribution in [0.3, 0.4) is 0 Å². The van der Waals surface area contributed by atoms with Crippen LogP contribution in [0, 0.1) is 5.41 Å². The molecule has 1 amide bonds. The Morgan fingerprint density at radius 1 is 1.38 bits per heavy atom. The van der Waals surface area contributed by atoms with Crippen LogP contribution in [0.4, 0.5) is 0 Å². The standard InChI is InChI=1S/C9H16N2O2/c1-9(4-5-9)7(12)6(8(10)13)11(2)3/h6H,4-5H2,1-3H3,(H2,10,13). The molecule has 0 radical (unpaired) electrons. The lowest BCUT2D eigenvalue weighted by Crippen LogP contribution is -2.48. The summed E-state index contributed by atoms with van der Waals surface area (Å²) in [6.07, 6.45) is 1.76. The first kappa shape index (κ1) is 10.2. The number of carbonyl (C=O) groups excluding carboxylic acids is 2. The fraction of sp³-hybridized carbons (Fsp3) is 0.778. The van der Waals surface area contributed by atoms with E-state index in [9.17, 15) is 9.59 Å². The lowest BCUT2D eigenvalue weighted by molar-refractivity contribution is -0.135. The van der Waals surface area contributed by atoms with Crippen molar-refractivity contribution in [2.75, 3.05) is 14.1 Å². The molecular formula is C9H16N2O2. The van der Waals surface area contributed by atoms with Crippen LogP contribution in [0.15, 0.2) is 0 Å². The number of ketones is 1. The zero-order valence-electron chi connectivity index (χ0n) is 8.33. The smallest absolute Gasteiger partial charge is 0.242 e. The minimum absolute atomic E-state index is 0.0370. The van der Waals surface area contributed by atoms with Crippen molar-refractivity contribution < 1.29 is 9.59 Å². The molecule has 0 aromatic rings. The van der Waals surface area contributed by atoms with Crippen LogP contribution in [-0.4, -0.2) is 36.7 Å². The molecule has 0 saturated heterocycles. The summed E-state index contributed by atoms with van der Waals surface area (Å²) in [5, 5.41) is 0. The van der Waals surface area contributed by atoms with Gasteiger partial charge in [-0.3, -0.25) is 14.5 Å². The number of primary amides is 1. The second kappa shape index (κ2) is 3.10. The second-order valence-corrected chi connectivity index (χ2v) is 4.19. The maximum atomic E-state index is 11.8. The van der Waals surface area contributed by atoms with Gasteiger partial charge in [-0.2, -0.15) is 0 Å². The highest BCUT2D eigenvalue weighted by molar-refractivity contribution is 6.08. The number of nitrogens with zero attached hydrogens (tertiary/aromatic N) is 1. The zero-order valence-corrected chi connectivity index (χ0v) is 8.33. The highest BCUT2D eigenvalue weighted by atomic mass is 16.2. The van der Waals surface area contributed by atoms with E-state index in [4.69, 9.17) is 5.73 Å². The molecule has 2 N–H and O–H groups in total. The van der Waals surface area contributed by atoms with E-state index in [-0.39, 0.29) is 11.2 Å². The Balaban J connectivity index is 2.76. The molecule has 1 aliphatic carbocycles. The first-order valence-corrected chi connectivity index (χ1v) is 4.38. The van der Waals surface area contributed by atoms with Crippen LogP contribution < -0.4 is 5.73 Å². The Hall–Kier alpha value is -0.900. The zero-order chi connectivity index (χ0) is 10.2. The molecule has 0 aliphatic heterocycles. The summed E-state index contributed by atoms with van der Waals surface area (Å²) in [5.41, 5.74) is 4.87. The third-order valence-electron chi connectivity index (χ3n) is 2.63. The van der Waals surface area contributed by atoms with Gasteiger partial charge in [-0.05, 0) is 26.9 Å². The molecule has 4 heteroatoms. The van der Waals surface area contributed by atoms with Gasteiger partial charge >= 0.3 is 0 Å². The predicted molar refractivity (Wildman–Crippen MR) is 49.0 cm³/mol. The van der Waals surface area contributed by atoms with Crippen molar-refractivity contribution in [1.29, 1.82) is 0 Å². The first-order chi connectivity index (χ1) is 5.88. The molecule has 1 fully saturated rings. The Kier molecular flexibility index (Phi) is 2.43. The fourth-order valence-corrected chi connectivity index (χ4v) is 1.38. The van der Waals surface area contributed by atoms with Gasteiger partial charge in [0.25, 0.3) is 0 Å². The molecule has 0 bridgehead atoms. The van der Waals surface area contributed by atoms with E-state index < -0.39 is 11.9 Å². The molecular weight excluding hydrogens is 168 g/mol. The number of hydrogen-bond donors (Lipinski definition) is 1. The third-order valence-corrected chi connectivity index (χ3v) is 2.63. The minimum Gasteiger partial charge on any atom is -0.368 e. The van der Waals surface area contributed by atoms with E-state index in [1.807, 2.05) is 6.92 Å². The van der Waals surface area contributed by atoms with Crippen molar-refractivity contribution in [3.8, 4) is 0 Å². The maximum absolute atomic E-state index is 11.8. The van der Waals surface area contributed by atoms with Crippen LogP contribution in [0.1, 0.15) is 19.8 Å². The van der Waals surface area contributed by atoms with Gasteiger partial charge in [-0.25, -0.2) is 0 Å². The summed E-state index contributed by atoms with van der Waals surface area (Å²) in [5.74, 6) is -0.590. The van der Waals surface area contributed by atoms with Gasteiger partial charge in [-0.15, -0.1) is 0 Å². The summed E-state index contributed by atoms with van der Waals surface area (Å²) in [7, 11) is 3.39. The molecule has 1 atom stereocenters. The molecule has 13 heavy (non-hydrogen) atoms. The van der Waals surface area contributed by atoms with Gasteiger partial charge < -0.3 is 5.73 Å². The quantitative estimate of drug-likeness (QED) is 0.614. The third kappa shape index (κ3) is 1.88. The SMILES string of the molecule is CN(C)C(C(N)=O)C(=O)C1(C)CC1. The van der Waals surface area contributed by atoms with Gasteiger partial charge in [0.2, 0.25) is 5.91 Å². The van der Waals surface area contributed by atoms with Crippen molar-refractivity contribution in [3.63, 3.8) is 0 Å². The van der Waals surface area contributed by atoms with Crippen molar-refractivity contribution in [1.82, 2.24) is 4.90 Å². The van der Waals surface area contributed by atoms with Crippen LogP contribution >= 0.6 is 0 Å². The summed E-state index contributed by atoms with van der Waals surface area (Å²) in [6.45, 7) is 1.88. The van der Waals surface area contributed by atoms with Crippen molar-refractivity contribution in [2.45, 2.75) is 25.8 Å². The number of hydrogen-bond acceptors (Lipinski definition) is 3. The number of carbonyl (C=O) groups is 2. The first-order valence-electron chi connectivity index (χ1n) is 4.38. The molecule has 0 aromatic carbocycles. The molecule has 1 saturated carbocycles. The van der Waals surface area contributed by atoms with Crippen molar-refractivity contribution >= 4 is 11.7 Å². The molecule has 1 rings (SSSR count). The maximum Gasteiger partial charge on any atom is 0.242 e. The molecule has 4 nitrogen and oxygen atoms in total. The van der Waals surface area contributed by atoms with E-state index >= 15 is 0 Å². The topological polar surface area (TPSA) is 63.4 Å². The highest BCUT2D eigenvalue weighted by Crippen LogP contribution is 2.46. The summed E-state index contributed by atoms with van der Waals surface area (Å²) in [6, 6.07) is -0.757. The van der Waals surface area contributed by atoms with Gasteiger partial charge in [0.05, 0.1) is 0 Å². The normalized spacial score (nSPS) is 21.2. The summed E-state index contributed by atoms with van der Waals surface area (Å²) < 4.78 is 0. The number of rotatable bonds is 4. The summed E-state index contributed by atoms with van der Waals surface area (Å²) in [4.78, 5) is 24.4. The minimum atomic E-state index is -0.757. The van der Waals surface area contributed by atoms with E-state index in [0.717, 1.165) is 12.8 Å². The van der Waals surface area contributed by atoms with E-state index in [1.54, 1.807) is 19.0 Å². The Bertz CT molecular complexity index is 244. The Morgan fingerprint density at radius 2 is 1.85 bits per heavy atom. The van der Waals surface area contributed by atoms with Crippen LogP contribution in [0.25, 0.3) is 0 Å². The van der Waals surface area contributed by atoms with Gasteiger partial charge in [-0.1, -0.05) is 6.92 Å². The lowest BCUT2D eigenvalue weighted by atomic mass is 9.96. The summed E-state index contributed by atoms with van der Waals surface area (Å²) >= 11 is 0. The number of likely N-dealkylation sites (N-methyl/N-ethyl adjacent to an activating group) is 1. The van der Waals surface area contributed by atoms with Gasteiger partial charge in [0, 0.05) is 5.41 Å². The van der Waals surface area contributed by atoms with Gasteiger partial charge in [0.1, 0.15) is 6.04 Å². The lowest BCUT2D eigenvalue weighted by Gasteiger charge is -2.22. The van der Waals surface area contributed by atoms with E-state index in [2.05, 4.69) is 0 Å². The molecule has 1 unspecified atom stereocenters. The monoisotopic (exact) mass is 184 g/mol. The van der Waals surface area contributed by atoms with Crippen molar-refractivity contribution in [2.24, 2.45) is 11.1 Å². The Labute approximate surface area is 78.1 Å². The van der Waals surface area contributed by atoms with E-state index in [0.29, 0.717) is 0 Å². The predicted octanol–water partition coefficient (Wildman–Crippen LogP) is -0.229. The number of nitrogens with two attached hydrogens (primary N) is 1. The number of amides is 1. The average molecular weight is 184 g/mol. The van der Waals surface area contributed by atoms with Gasteiger partial charge in [0.15, 0.2) is 5.78 Å². The molecule has 0 heterocycles. The fourth-order valence-electron chi connectivity index (χ4n) is 1.38. The molecule has 1 aliphatic rings. The molecule has 0 aromatic heterocycles. The average Bonchev–Trinajstić information content (AvgIpc) is 2.67. The van der Waals surface area contributed by atoms with Crippen LogP contribution in [0.5, 0.6) is 0 Å². The second-order valence-electron chi connectivity index (χ2n) is 4.19. The van der Waals surface area contributed by atoms with Crippen LogP contribution in [-0.2, 0) is 9.59 Å². The number of Topliss-reactive ketones (excluding diaryl/α,β-unsaturated/α-hetero) is 1.